The first-order valence-electron chi connectivity index (χ1n) is 9.92. The number of hydrogen-bond acceptors (Lipinski definition) is 0. The maximum Gasteiger partial charge on any atom is 0.123 e. The van der Waals surface area contributed by atoms with Crippen molar-refractivity contribution in [3.05, 3.63) is 89.7 Å². The zero-order valence-corrected chi connectivity index (χ0v) is 19.7. The molecule has 0 N–H and O–H groups in total. The van der Waals surface area contributed by atoms with E-state index in [1.54, 1.807) is 0 Å². The Labute approximate surface area is 180 Å². The lowest BCUT2D eigenvalue weighted by atomic mass is 9.87. The van der Waals surface area contributed by atoms with Gasteiger partial charge >= 0.3 is 0 Å². The third kappa shape index (κ3) is 4.54. The van der Waals surface area contributed by atoms with Gasteiger partial charge in [-0.3, -0.25) is 0 Å². The van der Waals surface area contributed by atoms with Crippen LogP contribution in [0.15, 0.2) is 87.5 Å². The van der Waals surface area contributed by atoms with Crippen LogP contribution in [0.25, 0.3) is 0 Å². The molecule has 0 bridgehead atoms. The average Bonchev–Trinajstić information content (AvgIpc) is 2.67. The fourth-order valence-corrected chi connectivity index (χ4v) is 6.59. The summed E-state index contributed by atoms with van der Waals surface area (Å²) in [5, 5.41) is 0. The normalized spacial score (nSPS) is 13.4. The molecule has 3 heteroatoms. The van der Waals surface area contributed by atoms with Crippen LogP contribution in [-0.2, 0) is 10.8 Å². The number of halogens is 2. The Balaban J connectivity index is 2.16. The minimum Gasteiger partial charge on any atom is -0.207 e. The molecule has 0 amide bonds. The maximum absolute atomic E-state index is 13.6. The predicted octanol–water partition coefficient (Wildman–Crippen LogP) is 8.86. The Bertz CT molecular complexity index is 902. The molecule has 0 heterocycles. The van der Waals surface area contributed by atoms with Crippen molar-refractivity contribution in [3.8, 4) is 0 Å². The van der Waals surface area contributed by atoms with E-state index in [1.165, 1.54) is 23.3 Å². The monoisotopic (exact) mass is 428 g/mol. The van der Waals surface area contributed by atoms with Crippen molar-refractivity contribution in [1.29, 1.82) is 0 Å². The summed E-state index contributed by atoms with van der Waals surface area (Å²) < 4.78 is 13.6. The molecule has 0 aliphatic heterocycles. The molecule has 0 aromatic heterocycles. The van der Waals surface area contributed by atoms with Gasteiger partial charge in [0.2, 0.25) is 0 Å². The van der Waals surface area contributed by atoms with Crippen LogP contribution in [-0.4, -0.2) is 0 Å². The highest BCUT2D eigenvalue weighted by Crippen LogP contribution is 2.72. The molecule has 0 saturated carbocycles. The minimum atomic E-state index is -2.01. The molecule has 0 fully saturated rings. The van der Waals surface area contributed by atoms with E-state index in [-0.39, 0.29) is 16.6 Å². The topological polar surface area (TPSA) is 0 Å². The van der Waals surface area contributed by atoms with E-state index in [0.717, 1.165) is 14.7 Å². The van der Waals surface area contributed by atoms with Crippen LogP contribution in [0, 0.1) is 5.82 Å². The second kappa shape index (κ2) is 7.81. The van der Waals surface area contributed by atoms with Gasteiger partial charge in [0.05, 0.1) is 0 Å². The summed E-state index contributed by atoms with van der Waals surface area (Å²) in [6.45, 7) is 13.2. The largest absolute Gasteiger partial charge is 0.207 e. The summed E-state index contributed by atoms with van der Waals surface area (Å²) >= 11 is 0. The molecule has 0 spiro atoms. The zero-order valence-electron chi connectivity index (χ0n) is 18.1. The fraction of sp³-hybridized carbons (Fsp3) is 0.308. The maximum atomic E-state index is 13.6. The van der Waals surface area contributed by atoms with E-state index in [1.807, 2.05) is 12.1 Å². The zero-order chi connectivity index (χ0) is 21.4. The van der Waals surface area contributed by atoms with Crippen molar-refractivity contribution < 1.29 is 4.39 Å². The van der Waals surface area contributed by atoms with Gasteiger partial charge < -0.3 is 0 Å². The summed E-state index contributed by atoms with van der Waals surface area (Å²) in [7, 11) is 5.45. The second-order valence-electron chi connectivity index (χ2n) is 9.54. The average molecular weight is 429 g/mol. The summed E-state index contributed by atoms with van der Waals surface area (Å²) in [4.78, 5) is 3.05. The lowest BCUT2D eigenvalue weighted by molar-refractivity contribution is 0.589. The highest BCUT2D eigenvalue weighted by molar-refractivity contribution is 8.51. The first-order chi connectivity index (χ1) is 13.4. The summed E-state index contributed by atoms with van der Waals surface area (Å²) in [6.07, 6.45) is 0. The van der Waals surface area contributed by atoms with Crippen LogP contribution in [0.1, 0.15) is 52.7 Å². The smallest absolute Gasteiger partial charge is 0.123 e. The molecule has 0 radical (unpaired) electrons. The van der Waals surface area contributed by atoms with Gasteiger partial charge in [0.25, 0.3) is 0 Å². The third-order valence-electron chi connectivity index (χ3n) is 5.23. The minimum absolute atomic E-state index is 0.0765. The van der Waals surface area contributed by atoms with Crippen LogP contribution >= 0.6 is 19.9 Å². The number of benzene rings is 3. The molecule has 0 aliphatic carbocycles. The number of hydrogen-bond donors (Lipinski definition) is 0. The Hall–Kier alpha value is -1.77. The standard InChI is InChI=1S/C26H30ClFS/c1-25(2,3)19-7-13-22(14-8-19)29(27,24-17-11-21(28)12-18-24)23-15-9-20(10-16-23)26(4,5)6/h7-18H,1-6H3. The summed E-state index contributed by atoms with van der Waals surface area (Å²) in [5.74, 6) is -0.252. The van der Waals surface area contributed by atoms with Crippen molar-refractivity contribution in [3.63, 3.8) is 0 Å². The van der Waals surface area contributed by atoms with Gasteiger partial charge in [-0.05, 0) is 70.5 Å². The molecular weight excluding hydrogens is 399 g/mol. The van der Waals surface area contributed by atoms with Crippen LogP contribution in [0.4, 0.5) is 4.39 Å². The third-order valence-corrected chi connectivity index (χ3v) is 9.60. The molecular formula is C26H30ClFS. The van der Waals surface area contributed by atoms with Crippen LogP contribution in [0.5, 0.6) is 0 Å². The first kappa shape index (κ1) is 21.9. The van der Waals surface area contributed by atoms with Gasteiger partial charge in [-0.1, -0.05) is 85.7 Å². The second-order valence-corrected chi connectivity index (χ2v) is 13.4. The van der Waals surface area contributed by atoms with E-state index >= 15 is 0 Å². The van der Waals surface area contributed by atoms with E-state index in [9.17, 15) is 4.39 Å². The van der Waals surface area contributed by atoms with Gasteiger partial charge in [0.15, 0.2) is 0 Å². The molecule has 0 nitrogen and oxygen atoms in total. The molecule has 0 unspecified atom stereocenters. The Morgan fingerprint density at radius 1 is 0.552 bits per heavy atom. The molecule has 0 atom stereocenters. The molecule has 154 valence electrons. The van der Waals surface area contributed by atoms with Gasteiger partial charge in [0.1, 0.15) is 5.82 Å². The SMILES string of the molecule is CC(C)(C)c1ccc(S(Cl)(c2ccc(F)cc2)c2ccc(C(C)(C)C)cc2)cc1. The van der Waals surface area contributed by atoms with Crippen LogP contribution < -0.4 is 0 Å². The van der Waals surface area contributed by atoms with Crippen LogP contribution in [0.3, 0.4) is 0 Å². The summed E-state index contributed by atoms with van der Waals surface area (Å²) in [5.41, 5.74) is 2.68. The first-order valence-corrected chi connectivity index (χ1v) is 12.4. The Morgan fingerprint density at radius 3 is 1.10 bits per heavy atom. The van der Waals surface area contributed by atoms with Crippen molar-refractivity contribution in [2.45, 2.75) is 67.1 Å². The van der Waals surface area contributed by atoms with Crippen molar-refractivity contribution in [2.75, 3.05) is 0 Å². The number of rotatable bonds is 3. The van der Waals surface area contributed by atoms with E-state index in [4.69, 9.17) is 10.7 Å². The molecule has 0 aliphatic rings. The molecule has 3 aromatic carbocycles. The van der Waals surface area contributed by atoms with Crippen molar-refractivity contribution >= 4 is 19.9 Å². The lowest BCUT2D eigenvalue weighted by Gasteiger charge is -2.35. The van der Waals surface area contributed by atoms with E-state index in [0.29, 0.717) is 0 Å². The van der Waals surface area contributed by atoms with Gasteiger partial charge in [-0.25, -0.2) is 4.39 Å². The van der Waals surface area contributed by atoms with Gasteiger partial charge in [-0.2, -0.15) is 0 Å². The highest BCUT2D eigenvalue weighted by Gasteiger charge is 2.30. The highest BCUT2D eigenvalue weighted by atomic mass is 35.7. The summed E-state index contributed by atoms with van der Waals surface area (Å²) in [6, 6.07) is 23.8. The Kier molecular flexibility index (Phi) is 5.91. The van der Waals surface area contributed by atoms with Crippen molar-refractivity contribution in [2.24, 2.45) is 0 Å². The van der Waals surface area contributed by atoms with E-state index in [2.05, 4.69) is 90.1 Å². The fourth-order valence-electron chi connectivity index (χ4n) is 3.32. The van der Waals surface area contributed by atoms with Gasteiger partial charge in [0, 0.05) is 14.7 Å². The lowest BCUT2D eigenvalue weighted by Crippen LogP contribution is -2.11. The molecule has 3 aromatic rings. The molecule has 3 rings (SSSR count). The van der Waals surface area contributed by atoms with E-state index < -0.39 is 9.24 Å². The molecule has 29 heavy (non-hydrogen) atoms. The molecule has 0 saturated heterocycles. The predicted molar refractivity (Wildman–Crippen MR) is 125 cm³/mol. The Morgan fingerprint density at radius 2 is 0.828 bits per heavy atom. The van der Waals surface area contributed by atoms with Crippen LogP contribution in [0.2, 0.25) is 0 Å². The van der Waals surface area contributed by atoms with Crippen molar-refractivity contribution in [1.82, 2.24) is 0 Å². The quantitative estimate of drug-likeness (QED) is 0.390. The van der Waals surface area contributed by atoms with Gasteiger partial charge in [-0.15, -0.1) is 0 Å².